The number of aromatic nitrogens is 2. The standard InChI is InChI=1S/C10H13N3O2/c1-14-10-8(11)6-12-9(13-10)7-2-4-15-5-3-7/h2,6H,3-5,11H2,1H3. The molecule has 2 N–H and O–H groups in total. The third kappa shape index (κ3) is 2.07. The molecule has 1 aromatic heterocycles. The molecule has 0 bridgehead atoms. The molecule has 80 valence electrons. The lowest BCUT2D eigenvalue weighted by molar-refractivity contribution is 0.161. The van der Waals surface area contributed by atoms with E-state index in [9.17, 15) is 0 Å². The van der Waals surface area contributed by atoms with E-state index in [1.165, 1.54) is 0 Å². The number of hydrogen-bond donors (Lipinski definition) is 1. The molecule has 0 aromatic carbocycles. The molecule has 2 rings (SSSR count). The average Bonchev–Trinajstić information content (AvgIpc) is 2.31. The Morgan fingerprint density at radius 3 is 3.07 bits per heavy atom. The monoisotopic (exact) mass is 207 g/mol. The lowest BCUT2D eigenvalue weighted by Gasteiger charge is -2.13. The van der Waals surface area contributed by atoms with Crippen LogP contribution in [-0.4, -0.2) is 30.3 Å². The number of nitrogens with zero attached hydrogens (tertiary/aromatic N) is 2. The van der Waals surface area contributed by atoms with Gasteiger partial charge in [0.1, 0.15) is 5.69 Å². The second-order valence-electron chi connectivity index (χ2n) is 3.21. The summed E-state index contributed by atoms with van der Waals surface area (Å²) >= 11 is 0. The summed E-state index contributed by atoms with van der Waals surface area (Å²) in [6.45, 7) is 1.33. The van der Waals surface area contributed by atoms with Crippen molar-refractivity contribution in [3.63, 3.8) is 0 Å². The minimum absolute atomic E-state index is 0.424. The molecule has 0 radical (unpaired) electrons. The molecule has 0 atom stereocenters. The molecule has 5 heteroatoms. The van der Waals surface area contributed by atoms with Gasteiger partial charge in [0.25, 0.3) is 0 Å². The SMILES string of the molecule is COc1nc(C2=CCOCC2)ncc1N. The summed E-state index contributed by atoms with van der Waals surface area (Å²) < 4.78 is 10.3. The van der Waals surface area contributed by atoms with Gasteiger partial charge in [-0.25, -0.2) is 4.98 Å². The summed E-state index contributed by atoms with van der Waals surface area (Å²) in [5, 5.41) is 0. The van der Waals surface area contributed by atoms with Crippen molar-refractivity contribution in [2.75, 3.05) is 26.1 Å². The fourth-order valence-corrected chi connectivity index (χ4v) is 1.42. The molecular formula is C10H13N3O2. The van der Waals surface area contributed by atoms with E-state index in [0.29, 0.717) is 30.6 Å². The first-order valence-electron chi connectivity index (χ1n) is 4.75. The van der Waals surface area contributed by atoms with E-state index in [-0.39, 0.29) is 0 Å². The Balaban J connectivity index is 2.32. The van der Waals surface area contributed by atoms with Crippen molar-refractivity contribution in [2.24, 2.45) is 0 Å². The highest BCUT2D eigenvalue weighted by Crippen LogP contribution is 2.22. The van der Waals surface area contributed by atoms with Crippen LogP contribution in [0.2, 0.25) is 0 Å². The first kappa shape index (κ1) is 9.92. The van der Waals surface area contributed by atoms with Crippen LogP contribution in [0.15, 0.2) is 12.3 Å². The van der Waals surface area contributed by atoms with E-state index in [2.05, 4.69) is 9.97 Å². The maximum atomic E-state index is 5.64. The summed E-state index contributed by atoms with van der Waals surface area (Å²) in [4.78, 5) is 8.40. The minimum Gasteiger partial charge on any atom is -0.479 e. The number of nitrogen functional groups attached to an aromatic ring is 1. The van der Waals surface area contributed by atoms with Gasteiger partial charge < -0.3 is 15.2 Å². The number of hydrogen-bond acceptors (Lipinski definition) is 5. The van der Waals surface area contributed by atoms with E-state index in [4.69, 9.17) is 15.2 Å². The average molecular weight is 207 g/mol. The Morgan fingerprint density at radius 2 is 2.40 bits per heavy atom. The Hall–Kier alpha value is -1.62. The fraction of sp³-hybridized carbons (Fsp3) is 0.400. The van der Waals surface area contributed by atoms with Crippen molar-refractivity contribution in [3.05, 3.63) is 18.1 Å². The number of rotatable bonds is 2. The van der Waals surface area contributed by atoms with Crippen LogP contribution in [0.4, 0.5) is 5.69 Å². The Bertz CT molecular complexity index is 390. The quantitative estimate of drug-likeness (QED) is 0.779. The Morgan fingerprint density at radius 1 is 1.53 bits per heavy atom. The molecule has 0 fully saturated rings. The van der Waals surface area contributed by atoms with Gasteiger partial charge in [-0.3, -0.25) is 0 Å². The van der Waals surface area contributed by atoms with Gasteiger partial charge >= 0.3 is 0 Å². The van der Waals surface area contributed by atoms with Crippen LogP contribution < -0.4 is 10.5 Å². The largest absolute Gasteiger partial charge is 0.479 e. The molecule has 1 aromatic rings. The maximum Gasteiger partial charge on any atom is 0.240 e. The first-order valence-corrected chi connectivity index (χ1v) is 4.75. The highest BCUT2D eigenvalue weighted by Gasteiger charge is 2.11. The second kappa shape index (κ2) is 4.27. The molecule has 1 aliphatic heterocycles. The zero-order chi connectivity index (χ0) is 10.7. The zero-order valence-electron chi connectivity index (χ0n) is 8.56. The van der Waals surface area contributed by atoms with Crippen molar-refractivity contribution in [1.82, 2.24) is 9.97 Å². The van der Waals surface area contributed by atoms with Crippen molar-refractivity contribution >= 4 is 11.3 Å². The van der Waals surface area contributed by atoms with Crippen molar-refractivity contribution in [3.8, 4) is 5.88 Å². The van der Waals surface area contributed by atoms with Gasteiger partial charge in [-0.05, 0) is 12.0 Å². The summed E-state index contributed by atoms with van der Waals surface area (Å²) in [7, 11) is 1.54. The lowest BCUT2D eigenvalue weighted by atomic mass is 10.1. The van der Waals surface area contributed by atoms with Crippen LogP contribution in [0, 0.1) is 0 Å². The molecule has 5 nitrogen and oxygen atoms in total. The van der Waals surface area contributed by atoms with Gasteiger partial charge in [-0.2, -0.15) is 4.98 Å². The van der Waals surface area contributed by atoms with Crippen molar-refractivity contribution in [1.29, 1.82) is 0 Å². The van der Waals surface area contributed by atoms with Crippen LogP contribution >= 0.6 is 0 Å². The molecule has 0 saturated carbocycles. The topological polar surface area (TPSA) is 70.3 Å². The van der Waals surface area contributed by atoms with Crippen LogP contribution in [0.25, 0.3) is 5.57 Å². The summed E-state index contributed by atoms with van der Waals surface area (Å²) in [6.07, 6.45) is 4.37. The zero-order valence-corrected chi connectivity index (χ0v) is 8.56. The number of ether oxygens (including phenoxy) is 2. The van der Waals surface area contributed by atoms with Crippen LogP contribution in [0.3, 0.4) is 0 Å². The Labute approximate surface area is 87.9 Å². The molecule has 0 aliphatic carbocycles. The summed E-state index contributed by atoms with van der Waals surface area (Å²) in [5.41, 5.74) is 7.17. The van der Waals surface area contributed by atoms with Gasteiger partial charge in [0.05, 0.1) is 26.5 Å². The van der Waals surface area contributed by atoms with Gasteiger partial charge in [0.15, 0.2) is 5.82 Å². The molecule has 2 heterocycles. The van der Waals surface area contributed by atoms with Crippen molar-refractivity contribution in [2.45, 2.75) is 6.42 Å². The predicted molar refractivity (Wildman–Crippen MR) is 56.4 cm³/mol. The van der Waals surface area contributed by atoms with E-state index < -0.39 is 0 Å². The van der Waals surface area contributed by atoms with E-state index in [1.807, 2.05) is 6.08 Å². The molecule has 0 saturated heterocycles. The maximum absolute atomic E-state index is 5.64. The van der Waals surface area contributed by atoms with Crippen molar-refractivity contribution < 1.29 is 9.47 Å². The van der Waals surface area contributed by atoms with E-state index >= 15 is 0 Å². The van der Waals surface area contributed by atoms with E-state index in [0.717, 1.165) is 12.0 Å². The van der Waals surface area contributed by atoms with Gasteiger partial charge in [-0.1, -0.05) is 6.08 Å². The molecule has 0 amide bonds. The Kier molecular flexibility index (Phi) is 2.82. The number of anilines is 1. The van der Waals surface area contributed by atoms with E-state index in [1.54, 1.807) is 13.3 Å². The van der Waals surface area contributed by atoms with Crippen LogP contribution in [-0.2, 0) is 4.74 Å². The number of nitrogens with two attached hydrogens (primary N) is 1. The molecule has 15 heavy (non-hydrogen) atoms. The number of methoxy groups -OCH3 is 1. The highest BCUT2D eigenvalue weighted by atomic mass is 16.5. The minimum atomic E-state index is 0.424. The van der Waals surface area contributed by atoms with Gasteiger partial charge in [-0.15, -0.1) is 0 Å². The highest BCUT2D eigenvalue weighted by molar-refractivity contribution is 5.62. The lowest BCUT2D eigenvalue weighted by Crippen LogP contribution is -2.07. The van der Waals surface area contributed by atoms with Gasteiger partial charge in [0, 0.05) is 0 Å². The normalized spacial score (nSPS) is 15.9. The third-order valence-corrected chi connectivity index (χ3v) is 2.22. The smallest absolute Gasteiger partial charge is 0.240 e. The van der Waals surface area contributed by atoms with Gasteiger partial charge in [0.2, 0.25) is 5.88 Å². The summed E-state index contributed by atoms with van der Waals surface area (Å²) in [6, 6.07) is 0. The predicted octanol–water partition coefficient (Wildman–Crippen LogP) is 0.871. The molecule has 0 unspecified atom stereocenters. The molecular weight excluding hydrogens is 194 g/mol. The molecule has 0 spiro atoms. The second-order valence-corrected chi connectivity index (χ2v) is 3.21. The van der Waals surface area contributed by atoms with Crippen LogP contribution in [0.5, 0.6) is 5.88 Å². The fourth-order valence-electron chi connectivity index (χ4n) is 1.42. The molecule has 1 aliphatic rings. The summed E-state index contributed by atoms with van der Waals surface area (Å²) in [5.74, 6) is 1.09. The third-order valence-electron chi connectivity index (χ3n) is 2.22. The first-order chi connectivity index (χ1) is 7.31. The van der Waals surface area contributed by atoms with Crippen LogP contribution in [0.1, 0.15) is 12.2 Å².